The number of pyridine rings is 1. The van der Waals surface area contributed by atoms with Gasteiger partial charge in [-0.25, -0.2) is 14.2 Å². The molecule has 4 heterocycles. The molecule has 2 amide bonds. The maximum absolute atomic E-state index is 13.6. The van der Waals surface area contributed by atoms with Gasteiger partial charge in [0, 0.05) is 24.8 Å². The molecule has 0 radical (unpaired) electrons. The van der Waals surface area contributed by atoms with Crippen molar-refractivity contribution in [2.75, 3.05) is 28.2 Å². The molecule has 5 rings (SSSR count). The highest BCUT2D eigenvalue weighted by Crippen LogP contribution is 2.40. The minimum Gasteiger partial charge on any atom is -0.366 e. The van der Waals surface area contributed by atoms with E-state index in [1.807, 2.05) is 12.1 Å². The Hall–Kier alpha value is -3.55. The second-order valence-electron chi connectivity index (χ2n) is 6.85. The van der Waals surface area contributed by atoms with Crippen molar-refractivity contribution in [2.24, 2.45) is 0 Å². The van der Waals surface area contributed by atoms with Crippen LogP contribution in [0.25, 0.3) is 11.3 Å². The van der Waals surface area contributed by atoms with Crippen LogP contribution in [0.4, 0.5) is 26.5 Å². The lowest BCUT2D eigenvalue weighted by molar-refractivity contribution is 0.254. The third kappa shape index (κ3) is 2.83. The number of rotatable bonds is 2. The molecule has 2 aliphatic heterocycles. The standard InChI is InChI=1S/C20H17FN6O/c21-14-4-1-3-13(11-14)16-6-7-17-19(23-16)27(15-8-10-26(17)12-15)20(28)24-18-5-2-9-22-25-18/h1-7,9,11,15H,8,10,12H2,(H,24,25,28)/t15-/m0/s1. The van der Waals surface area contributed by atoms with Gasteiger partial charge >= 0.3 is 6.03 Å². The van der Waals surface area contributed by atoms with E-state index in [1.165, 1.54) is 12.1 Å². The molecule has 3 aromatic rings. The molecule has 1 aromatic carbocycles. The van der Waals surface area contributed by atoms with Crippen molar-refractivity contribution in [1.29, 1.82) is 0 Å². The number of halogens is 1. The van der Waals surface area contributed by atoms with Crippen molar-refractivity contribution in [1.82, 2.24) is 15.2 Å². The molecule has 0 saturated carbocycles. The summed E-state index contributed by atoms with van der Waals surface area (Å²) in [6.07, 6.45) is 2.41. The van der Waals surface area contributed by atoms with Crippen molar-refractivity contribution < 1.29 is 9.18 Å². The Balaban J connectivity index is 1.54. The average Bonchev–Trinajstić information content (AvgIpc) is 3.13. The van der Waals surface area contributed by atoms with Crippen LogP contribution in [0.3, 0.4) is 0 Å². The van der Waals surface area contributed by atoms with Crippen LogP contribution in [-0.2, 0) is 0 Å². The van der Waals surface area contributed by atoms with Gasteiger partial charge in [-0.05, 0) is 42.8 Å². The normalized spacial score (nSPS) is 17.4. The first kappa shape index (κ1) is 16.6. The molecule has 1 fully saturated rings. The highest BCUT2D eigenvalue weighted by molar-refractivity contribution is 6.04. The van der Waals surface area contributed by atoms with Crippen LogP contribution in [0.5, 0.6) is 0 Å². The number of hydrogen-bond acceptors (Lipinski definition) is 5. The molecular weight excluding hydrogens is 359 g/mol. The van der Waals surface area contributed by atoms with Gasteiger partial charge in [0.2, 0.25) is 0 Å². The summed E-state index contributed by atoms with van der Waals surface area (Å²) in [5, 5.41) is 10.5. The zero-order valence-corrected chi connectivity index (χ0v) is 14.9. The van der Waals surface area contributed by atoms with Crippen LogP contribution in [0.15, 0.2) is 54.7 Å². The molecule has 0 spiro atoms. The molecule has 0 unspecified atom stereocenters. The highest BCUT2D eigenvalue weighted by Gasteiger charge is 2.40. The van der Waals surface area contributed by atoms with Crippen molar-refractivity contribution in [3.8, 4) is 11.3 Å². The Morgan fingerprint density at radius 2 is 2.11 bits per heavy atom. The van der Waals surface area contributed by atoms with E-state index in [-0.39, 0.29) is 17.9 Å². The lowest BCUT2D eigenvalue weighted by Gasteiger charge is -2.35. The first-order valence-electron chi connectivity index (χ1n) is 9.09. The van der Waals surface area contributed by atoms with E-state index >= 15 is 0 Å². The van der Waals surface area contributed by atoms with Gasteiger partial charge in [0.15, 0.2) is 11.6 Å². The summed E-state index contributed by atoms with van der Waals surface area (Å²) in [6, 6.07) is 13.2. The molecule has 1 atom stereocenters. The van der Waals surface area contributed by atoms with Gasteiger partial charge in [-0.3, -0.25) is 10.2 Å². The monoisotopic (exact) mass is 376 g/mol. The third-order valence-corrected chi connectivity index (χ3v) is 5.10. The fourth-order valence-electron chi connectivity index (χ4n) is 3.82. The van der Waals surface area contributed by atoms with Crippen LogP contribution >= 0.6 is 0 Å². The predicted octanol–water partition coefficient (Wildman–Crippen LogP) is 3.31. The number of benzene rings is 1. The van der Waals surface area contributed by atoms with E-state index in [2.05, 4.69) is 20.4 Å². The summed E-state index contributed by atoms with van der Waals surface area (Å²) in [7, 11) is 0. The number of fused-ring (bicyclic) bond motifs is 4. The maximum atomic E-state index is 13.6. The molecule has 0 aliphatic carbocycles. The SMILES string of the molecule is O=C(Nc1cccnn1)N1c2nc(-c3cccc(F)c3)ccc2N2CC[C@H]1C2. The number of nitrogens with one attached hydrogen (secondary N) is 1. The first-order chi connectivity index (χ1) is 13.7. The lowest BCUT2D eigenvalue weighted by atomic mass is 10.1. The number of hydrogen-bond donors (Lipinski definition) is 1. The van der Waals surface area contributed by atoms with Gasteiger partial charge in [-0.2, -0.15) is 5.10 Å². The second kappa shape index (κ2) is 6.56. The first-order valence-corrected chi connectivity index (χ1v) is 9.09. The fourth-order valence-corrected chi connectivity index (χ4v) is 3.82. The van der Waals surface area contributed by atoms with E-state index in [9.17, 15) is 9.18 Å². The van der Waals surface area contributed by atoms with Crippen molar-refractivity contribution in [3.63, 3.8) is 0 Å². The second-order valence-corrected chi connectivity index (χ2v) is 6.85. The fraction of sp³-hybridized carbons (Fsp3) is 0.200. The zero-order valence-electron chi connectivity index (χ0n) is 14.9. The van der Waals surface area contributed by atoms with E-state index in [0.717, 1.165) is 25.2 Å². The molecular formula is C20H17FN6O. The van der Waals surface area contributed by atoms with Gasteiger partial charge in [0.25, 0.3) is 0 Å². The number of urea groups is 1. The molecule has 2 aliphatic rings. The van der Waals surface area contributed by atoms with E-state index in [4.69, 9.17) is 4.98 Å². The van der Waals surface area contributed by atoms with Crippen molar-refractivity contribution >= 4 is 23.4 Å². The Bertz CT molecular complexity index is 1040. The molecule has 2 aromatic heterocycles. The lowest BCUT2D eigenvalue weighted by Crippen LogP contribution is -2.48. The molecule has 8 heteroatoms. The molecule has 1 N–H and O–H groups in total. The number of anilines is 3. The zero-order chi connectivity index (χ0) is 19.1. The van der Waals surface area contributed by atoms with Crippen molar-refractivity contribution in [3.05, 3.63) is 60.5 Å². The third-order valence-electron chi connectivity index (χ3n) is 5.10. The summed E-state index contributed by atoms with van der Waals surface area (Å²) < 4.78 is 13.6. The number of amides is 2. The number of aromatic nitrogens is 3. The molecule has 2 bridgehead atoms. The van der Waals surface area contributed by atoms with Crippen LogP contribution in [0.2, 0.25) is 0 Å². The van der Waals surface area contributed by atoms with E-state index < -0.39 is 0 Å². The maximum Gasteiger partial charge on any atom is 0.329 e. The van der Waals surface area contributed by atoms with Gasteiger partial charge in [0.1, 0.15) is 5.82 Å². The quantitative estimate of drug-likeness (QED) is 0.743. The Morgan fingerprint density at radius 3 is 2.93 bits per heavy atom. The molecule has 7 nitrogen and oxygen atoms in total. The molecule has 1 saturated heterocycles. The Morgan fingerprint density at radius 1 is 1.18 bits per heavy atom. The Kier molecular flexibility index (Phi) is 3.89. The van der Waals surface area contributed by atoms with Gasteiger partial charge < -0.3 is 4.90 Å². The largest absolute Gasteiger partial charge is 0.366 e. The minimum absolute atomic E-state index is 0.0273. The summed E-state index contributed by atoms with van der Waals surface area (Å²) >= 11 is 0. The van der Waals surface area contributed by atoms with Crippen molar-refractivity contribution in [2.45, 2.75) is 12.5 Å². The van der Waals surface area contributed by atoms with Gasteiger partial charge in [-0.1, -0.05) is 12.1 Å². The summed E-state index contributed by atoms with van der Waals surface area (Å²) in [6.45, 7) is 1.63. The number of carbonyl (C=O) groups is 1. The predicted molar refractivity (Wildman–Crippen MR) is 104 cm³/mol. The van der Waals surface area contributed by atoms with Gasteiger partial charge in [0.05, 0.1) is 17.4 Å². The van der Waals surface area contributed by atoms with Crippen LogP contribution in [0.1, 0.15) is 6.42 Å². The van der Waals surface area contributed by atoms with Crippen LogP contribution < -0.4 is 15.1 Å². The molecule has 140 valence electrons. The Labute approximate surface area is 160 Å². The summed E-state index contributed by atoms with van der Waals surface area (Å²) in [5.74, 6) is 0.644. The topological polar surface area (TPSA) is 74.2 Å². The van der Waals surface area contributed by atoms with E-state index in [0.29, 0.717) is 22.9 Å². The summed E-state index contributed by atoms with van der Waals surface area (Å²) in [5.41, 5.74) is 2.20. The van der Waals surface area contributed by atoms with Crippen LogP contribution in [-0.4, -0.2) is 40.3 Å². The summed E-state index contributed by atoms with van der Waals surface area (Å²) in [4.78, 5) is 21.7. The number of carbonyl (C=O) groups excluding carboxylic acids is 1. The van der Waals surface area contributed by atoms with Gasteiger partial charge in [-0.15, -0.1) is 5.10 Å². The minimum atomic E-state index is -0.321. The van der Waals surface area contributed by atoms with E-state index in [1.54, 1.807) is 35.4 Å². The van der Waals surface area contributed by atoms with Crippen LogP contribution in [0, 0.1) is 5.82 Å². The highest BCUT2D eigenvalue weighted by atomic mass is 19.1. The molecule has 28 heavy (non-hydrogen) atoms. The number of nitrogens with zero attached hydrogens (tertiary/aromatic N) is 5. The smallest absolute Gasteiger partial charge is 0.329 e. The average molecular weight is 376 g/mol.